The van der Waals surface area contributed by atoms with E-state index in [-0.39, 0.29) is 0 Å². The predicted molar refractivity (Wildman–Crippen MR) is 98.3 cm³/mol. The first-order valence-electron chi connectivity index (χ1n) is 7.15. The van der Waals surface area contributed by atoms with Crippen LogP contribution in [0.5, 0.6) is 6.01 Å². The monoisotopic (exact) mass is 382 g/mol. The molecule has 9 heteroatoms. The van der Waals surface area contributed by atoms with Crippen LogP contribution in [0.25, 0.3) is 0 Å². The summed E-state index contributed by atoms with van der Waals surface area (Å²) in [6, 6.07) is 2.28. The number of aromatic nitrogens is 2. The minimum Gasteiger partial charge on any atom is -0.464 e. The Morgan fingerprint density at radius 3 is 2.55 bits per heavy atom. The van der Waals surface area contributed by atoms with Crippen LogP contribution in [0.1, 0.15) is 32.9 Å². The van der Waals surface area contributed by atoms with Gasteiger partial charge in [-0.1, -0.05) is 29.7 Å². The van der Waals surface area contributed by atoms with Gasteiger partial charge in [-0.25, -0.2) is 0 Å². The van der Waals surface area contributed by atoms with Crippen LogP contribution in [-0.4, -0.2) is 35.2 Å². The second-order valence-corrected chi connectivity index (χ2v) is 12.4. The molecule has 1 aromatic heterocycles. The van der Waals surface area contributed by atoms with E-state index in [4.69, 9.17) is 9.26 Å². The fraction of sp³-hybridized carbons (Fsp3) is 0.692. The summed E-state index contributed by atoms with van der Waals surface area (Å²) in [7, 11) is 0. The molecule has 0 bridgehead atoms. The molecule has 0 saturated carbocycles. The molecule has 1 rings (SSSR count). The lowest BCUT2D eigenvalue weighted by Gasteiger charge is -2.16. The van der Waals surface area contributed by atoms with Crippen molar-refractivity contribution in [1.29, 1.82) is 0 Å². The lowest BCUT2D eigenvalue weighted by atomic mass is 10.5. The SMILES string of the molecule is CCCSP(=O)(OCC)SCc1cc(SC)nc(OCC)n1. The number of hydrogen-bond acceptors (Lipinski definition) is 8. The number of nitrogens with zero attached hydrogens (tertiary/aromatic N) is 2. The Balaban J connectivity index is 2.79. The van der Waals surface area contributed by atoms with Crippen LogP contribution in [0, 0.1) is 0 Å². The van der Waals surface area contributed by atoms with E-state index < -0.39 is 5.77 Å². The van der Waals surface area contributed by atoms with Gasteiger partial charge in [-0.15, -0.1) is 11.8 Å². The summed E-state index contributed by atoms with van der Waals surface area (Å²) in [5.74, 6) is -1.38. The molecule has 1 aromatic rings. The maximum absolute atomic E-state index is 12.7. The summed E-state index contributed by atoms with van der Waals surface area (Å²) in [6.45, 7) is 6.80. The highest BCUT2D eigenvalue weighted by Crippen LogP contribution is 2.70. The molecule has 0 amide bonds. The molecule has 5 nitrogen and oxygen atoms in total. The molecule has 0 aromatic carbocycles. The van der Waals surface area contributed by atoms with Gasteiger partial charge in [0.1, 0.15) is 5.03 Å². The van der Waals surface area contributed by atoms with Crippen LogP contribution in [0.2, 0.25) is 0 Å². The molecule has 0 spiro atoms. The van der Waals surface area contributed by atoms with Gasteiger partial charge in [-0.05, 0) is 32.6 Å². The van der Waals surface area contributed by atoms with Gasteiger partial charge in [-0.3, -0.25) is 4.57 Å². The molecule has 0 radical (unpaired) electrons. The minimum absolute atomic E-state index is 0.373. The highest BCUT2D eigenvalue weighted by Gasteiger charge is 2.24. The molecule has 126 valence electrons. The van der Waals surface area contributed by atoms with Gasteiger partial charge >= 0.3 is 11.8 Å². The lowest BCUT2D eigenvalue weighted by Crippen LogP contribution is -2.01. The molecule has 0 fully saturated rings. The number of hydrogen-bond donors (Lipinski definition) is 0. The van der Waals surface area contributed by atoms with E-state index in [0.29, 0.717) is 25.0 Å². The summed E-state index contributed by atoms with van der Waals surface area (Å²) in [5.41, 5.74) is 0.810. The Morgan fingerprint density at radius 1 is 1.18 bits per heavy atom. The van der Waals surface area contributed by atoms with Crippen LogP contribution in [0.15, 0.2) is 11.1 Å². The zero-order valence-corrected chi connectivity index (χ0v) is 16.7. The standard InChI is InChI=1S/C13H23N2O3PS3/c1-5-8-21-19(16,18-7-3)22-10-11-9-12(20-4)15-13(14-11)17-6-2/h9H,5-8,10H2,1-4H3. The topological polar surface area (TPSA) is 61.3 Å². The van der Waals surface area contributed by atoms with Crippen molar-refractivity contribution in [2.24, 2.45) is 0 Å². The van der Waals surface area contributed by atoms with Crippen LogP contribution >= 0.6 is 40.3 Å². The van der Waals surface area contributed by atoms with E-state index in [1.807, 2.05) is 26.2 Å². The Bertz CT molecular complexity index is 505. The van der Waals surface area contributed by atoms with E-state index in [1.165, 1.54) is 34.5 Å². The van der Waals surface area contributed by atoms with Gasteiger partial charge in [0.05, 0.1) is 18.9 Å². The summed E-state index contributed by atoms with van der Waals surface area (Å²) in [5, 5.41) is 0.849. The zero-order valence-electron chi connectivity index (χ0n) is 13.4. The molecule has 1 unspecified atom stereocenters. The van der Waals surface area contributed by atoms with Crippen molar-refractivity contribution in [2.45, 2.75) is 38.0 Å². The van der Waals surface area contributed by atoms with Crippen molar-refractivity contribution >= 4 is 40.3 Å². The van der Waals surface area contributed by atoms with Crippen molar-refractivity contribution in [3.63, 3.8) is 0 Å². The first-order valence-corrected chi connectivity index (χ1v) is 13.2. The Hall–Kier alpha value is 0.120. The summed E-state index contributed by atoms with van der Waals surface area (Å²) < 4.78 is 23.6. The Morgan fingerprint density at radius 2 is 1.95 bits per heavy atom. The van der Waals surface area contributed by atoms with Gasteiger partial charge in [-0.2, -0.15) is 9.97 Å². The quantitative estimate of drug-likeness (QED) is 0.297. The molecule has 1 heterocycles. The maximum atomic E-state index is 12.7. The molecule has 1 atom stereocenters. The fourth-order valence-corrected chi connectivity index (χ4v) is 8.46. The van der Waals surface area contributed by atoms with Crippen LogP contribution in [-0.2, 0) is 14.8 Å². The second-order valence-electron chi connectivity index (χ2n) is 4.09. The third-order valence-corrected chi connectivity index (χ3v) is 10.5. The summed E-state index contributed by atoms with van der Waals surface area (Å²) in [6.07, 6.45) is 2.93. The fourth-order valence-electron chi connectivity index (χ4n) is 1.44. The normalized spacial score (nSPS) is 13.8. The average molecular weight is 383 g/mol. The molecule has 22 heavy (non-hydrogen) atoms. The van der Waals surface area contributed by atoms with E-state index in [1.54, 1.807) is 0 Å². The minimum atomic E-state index is -2.73. The van der Waals surface area contributed by atoms with E-state index in [9.17, 15) is 4.57 Å². The summed E-state index contributed by atoms with van der Waals surface area (Å²) in [4.78, 5) is 8.65. The van der Waals surface area contributed by atoms with Crippen molar-refractivity contribution in [1.82, 2.24) is 9.97 Å². The van der Waals surface area contributed by atoms with E-state index in [0.717, 1.165) is 22.9 Å². The Labute approximate surface area is 145 Å². The third kappa shape index (κ3) is 7.13. The second kappa shape index (κ2) is 10.8. The molecular formula is C13H23N2O3PS3. The maximum Gasteiger partial charge on any atom is 0.317 e. The largest absolute Gasteiger partial charge is 0.464 e. The number of rotatable bonds is 11. The van der Waals surface area contributed by atoms with Crippen LogP contribution in [0.3, 0.4) is 0 Å². The third-order valence-electron chi connectivity index (χ3n) is 2.33. The number of thioether (sulfide) groups is 1. The van der Waals surface area contributed by atoms with Crippen LogP contribution in [0.4, 0.5) is 0 Å². The van der Waals surface area contributed by atoms with Crippen molar-refractivity contribution in [3.8, 4) is 6.01 Å². The zero-order chi connectivity index (χ0) is 16.4. The lowest BCUT2D eigenvalue weighted by molar-refractivity contribution is 0.309. The van der Waals surface area contributed by atoms with Gasteiger partial charge < -0.3 is 9.26 Å². The van der Waals surface area contributed by atoms with E-state index in [2.05, 4.69) is 16.9 Å². The summed E-state index contributed by atoms with van der Waals surface area (Å²) >= 11 is 4.27. The van der Waals surface area contributed by atoms with Gasteiger partial charge in [0, 0.05) is 11.5 Å². The smallest absolute Gasteiger partial charge is 0.317 e. The average Bonchev–Trinajstić information content (AvgIpc) is 2.51. The van der Waals surface area contributed by atoms with Crippen molar-refractivity contribution in [2.75, 3.05) is 25.2 Å². The van der Waals surface area contributed by atoms with Gasteiger partial charge in [0.15, 0.2) is 0 Å². The van der Waals surface area contributed by atoms with Gasteiger partial charge in [0.25, 0.3) is 0 Å². The molecule has 0 aliphatic rings. The van der Waals surface area contributed by atoms with Crippen molar-refractivity contribution in [3.05, 3.63) is 11.8 Å². The highest BCUT2D eigenvalue weighted by molar-refractivity contribution is 8.89. The van der Waals surface area contributed by atoms with Gasteiger partial charge in [0.2, 0.25) is 0 Å². The highest BCUT2D eigenvalue weighted by atomic mass is 33.1. The first-order chi connectivity index (χ1) is 10.6. The van der Waals surface area contributed by atoms with E-state index >= 15 is 0 Å². The van der Waals surface area contributed by atoms with Crippen LogP contribution < -0.4 is 4.74 Å². The molecular weight excluding hydrogens is 359 g/mol. The first kappa shape index (κ1) is 20.2. The molecule has 0 saturated heterocycles. The Kier molecular flexibility index (Phi) is 9.91. The molecule has 0 aliphatic carbocycles. The molecule has 0 aliphatic heterocycles. The predicted octanol–water partition coefficient (Wildman–Crippen LogP) is 5.12. The number of ether oxygens (including phenoxy) is 1. The van der Waals surface area contributed by atoms with Crippen molar-refractivity contribution < 1.29 is 13.8 Å². The molecule has 0 N–H and O–H groups in total.